The fourth-order valence-electron chi connectivity index (χ4n) is 5.23. The van der Waals surface area contributed by atoms with Crippen molar-refractivity contribution in [3.8, 4) is 11.1 Å². The van der Waals surface area contributed by atoms with Gasteiger partial charge < -0.3 is 5.11 Å². The van der Waals surface area contributed by atoms with Gasteiger partial charge in [0.05, 0.1) is 11.5 Å². The Morgan fingerprint density at radius 3 is 2.29 bits per heavy atom. The highest BCUT2D eigenvalue weighted by Gasteiger charge is 2.50. The van der Waals surface area contributed by atoms with Crippen molar-refractivity contribution >= 4 is 10.0 Å². The van der Waals surface area contributed by atoms with Crippen LogP contribution in [-0.4, -0.2) is 71.0 Å². The molecule has 0 aliphatic carbocycles. The molecule has 9 heteroatoms. The van der Waals surface area contributed by atoms with E-state index in [1.54, 1.807) is 12.4 Å². The molecule has 0 radical (unpaired) electrons. The maximum Gasteiger partial charge on any atom is 0.243 e. The summed E-state index contributed by atoms with van der Waals surface area (Å²) >= 11 is 0. The van der Waals surface area contributed by atoms with Crippen LogP contribution in [0.15, 0.2) is 72.1 Å². The molecule has 0 unspecified atom stereocenters. The van der Waals surface area contributed by atoms with Crippen molar-refractivity contribution in [1.29, 1.82) is 0 Å². The second-order valence-corrected chi connectivity index (χ2v) is 10.8. The lowest BCUT2D eigenvalue weighted by atomic mass is 9.74. The van der Waals surface area contributed by atoms with Gasteiger partial charge in [-0.05, 0) is 54.8 Å². The van der Waals surface area contributed by atoms with Gasteiger partial charge in [-0.3, -0.25) is 4.90 Å². The van der Waals surface area contributed by atoms with Gasteiger partial charge in [-0.1, -0.05) is 24.3 Å². The number of hydrogen-bond acceptors (Lipinski definition) is 6. The smallest absolute Gasteiger partial charge is 0.243 e. The maximum atomic E-state index is 13.4. The summed E-state index contributed by atoms with van der Waals surface area (Å²) in [5, 5.41) is 10.2. The molecule has 3 aromatic rings. The molecule has 5 rings (SSSR count). The van der Waals surface area contributed by atoms with Gasteiger partial charge in [-0.15, -0.1) is 0 Å². The van der Waals surface area contributed by atoms with Gasteiger partial charge in [0.2, 0.25) is 10.0 Å². The van der Waals surface area contributed by atoms with Crippen LogP contribution in [0.4, 0.5) is 4.39 Å². The van der Waals surface area contributed by atoms with E-state index in [-0.39, 0.29) is 29.5 Å². The molecule has 2 aromatic carbocycles. The third kappa shape index (κ3) is 4.24. The first kappa shape index (κ1) is 23.0. The highest BCUT2D eigenvalue weighted by molar-refractivity contribution is 7.89. The highest BCUT2D eigenvalue weighted by Crippen LogP contribution is 2.43. The minimum atomic E-state index is -3.75. The Hall–Kier alpha value is -2.72. The summed E-state index contributed by atoms with van der Waals surface area (Å²) in [5.41, 5.74) is 2.99. The predicted octanol–water partition coefficient (Wildman–Crippen LogP) is 2.90. The number of benzene rings is 2. The molecule has 0 spiro atoms. The van der Waals surface area contributed by atoms with Gasteiger partial charge in [0.25, 0.3) is 0 Å². The van der Waals surface area contributed by atoms with Crippen LogP contribution < -0.4 is 0 Å². The topological polar surface area (TPSA) is 86.6 Å². The standard InChI is InChI=1S/C25H27FN4O3S/c26-21-7-9-22(10-8-21)34(32,33)29-11-1-2-12-30-23(15-29)25(24(30)16-31)19-5-3-18(4-6-19)20-13-27-17-28-14-20/h3-10,13-14,17,23-25,31H,1-2,11-12,15-16H2/t23-,24-,25-/m0/s1. The summed E-state index contributed by atoms with van der Waals surface area (Å²) in [4.78, 5) is 10.5. The molecule has 0 saturated carbocycles. The largest absolute Gasteiger partial charge is 0.395 e. The lowest BCUT2D eigenvalue weighted by molar-refractivity contribution is -0.0553. The minimum Gasteiger partial charge on any atom is -0.395 e. The monoisotopic (exact) mass is 482 g/mol. The van der Waals surface area contributed by atoms with E-state index in [0.717, 1.165) is 36.1 Å². The van der Waals surface area contributed by atoms with Crippen LogP contribution >= 0.6 is 0 Å². The maximum absolute atomic E-state index is 13.4. The lowest BCUT2D eigenvalue weighted by Crippen LogP contribution is -2.67. The Labute approximate surface area is 198 Å². The molecule has 0 amide bonds. The number of nitrogens with zero attached hydrogens (tertiary/aromatic N) is 4. The Kier molecular flexibility index (Phi) is 6.44. The zero-order valence-corrected chi connectivity index (χ0v) is 19.5. The number of aromatic nitrogens is 2. The number of aliphatic hydroxyl groups excluding tert-OH is 1. The van der Waals surface area contributed by atoms with Crippen molar-refractivity contribution in [2.24, 2.45) is 0 Å². The van der Waals surface area contributed by atoms with E-state index >= 15 is 0 Å². The number of fused-ring (bicyclic) bond motifs is 1. The molecule has 3 heterocycles. The third-order valence-corrected chi connectivity index (χ3v) is 8.85. The zero-order valence-electron chi connectivity index (χ0n) is 18.7. The van der Waals surface area contributed by atoms with Crippen molar-refractivity contribution in [1.82, 2.24) is 19.2 Å². The van der Waals surface area contributed by atoms with Gasteiger partial charge in [0, 0.05) is 49.0 Å². The molecule has 34 heavy (non-hydrogen) atoms. The predicted molar refractivity (Wildman–Crippen MR) is 126 cm³/mol. The number of halogens is 1. The fraction of sp³-hybridized carbons (Fsp3) is 0.360. The second kappa shape index (κ2) is 9.50. The van der Waals surface area contributed by atoms with Crippen LogP contribution in [0.25, 0.3) is 11.1 Å². The highest BCUT2D eigenvalue weighted by atomic mass is 32.2. The molecular formula is C25H27FN4O3S. The van der Waals surface area contributed by atoms with Crippen LogP contribution in [0, 0.1) is 5.82 Å². The summed E-state index contributed by atoms with van der Waals surface area (Å²) in [6.07, 6.45) is 6.60. The number of hydrogen-bond donors (Lipinski definition) is 1. The lowest BCUT2D eigenvalue weighted by Gasteiger charge is -2.57. The molecule has 2 saturated heterocycles. The Balaban J connectivity index is 1.42. The average molecular weight is 483 g/mol. The van der Waals surface area contributed by atoms with Gasteiger partial charge in [0.15, 0.2) is 0 Å². The SMILES string of the molecule is O=S(=O)(c1ccc(F)cc1)N1CCCCN2[C@@H](CO)[C@@H](c3ccc(-c4cncnc4)cc3)[C@@H]2C1. The molecule has 2 fully saturated rings. The first-order chi connectivity index (χ1) is 16.5. The molecule has 2 aliphatic rings. The summed E-state index contributed by atoms with van der Waals surface area (Å²) in [5.74, 6) is -0.455. The summed E-state index contributed by atoms with van der Waals surface area (Å²) in [7, 11) is -3.75. The van der Waals surface area contributed by atoms with E-state index in [1.807, 2.05) is 24.3 Å². The molecule has 1 N–H and O–H groups in total. The number of sulfonamides is 1. The molecule has 1 aromatic heterocycles. The van der Waals surface area contributed by atoms with E-state index in [0.29, 0.717) is 13.1 Å². The summed E-state index contributed by atoms with van der Waals surface area (Å²) in [6.45, 7) is 1.60. The van der Waals surface area contributed by atoms with E-state index in [1.165, 1.54) is 34.9 Å². The van der Waals surface area contributed by atoms with Crippen molar-refractivity contribution < 1.29 is 17.9 Å². The van der Waals surface area contributed by atoms with E-state index in [2.05, 4.69) is 14.9 Å². The number of aliphatic hydroxyl groups is 1. The Morgan fingerprint density at radius 1 is 0.941 bits per heavy atom. The van der Waals surface area contributed by atoms with Crippen molar-refractivity contribution in [3.63, 3.8) is 0 Å². The van der Waals surface area contributed by atoms with Crippen LogP contribution in [0.3, 0.4) is 0 Å². The Morgan fingerprint density at radius 2 is 1.62 bits per heavy atom. The van der Waals surface area contributed by atoms with Crippen molar-refractivity contribution in [2.45, 2.75) is 35.7 Å². The summed E-state index contributed by atoms with van der Waals surface area (Å²) < 4.78 is 41.6. The average Bonchev–Trinajstić information content (AvgIpc) is 2.84. The van der Waals surface area contributed by atoms with E-state index in [9.17, 15) is 17.9 Å². The van der Waals surface area contributed by atoms with Crippen molar-refractivity contribution in [3.05, 3.63) is 78.6 Å². The fourth-order valence-corrected chi connectivity index (χ4v) is 6.73. The number of rotatable bonds is 5. The molecule has 7 nitrogen and oxygen atoms in total. The molecular weight excluding hydrogens is 455 g/mol. The quantitative estimate of drug-likeness (QED) is 0.602. The second-order valence-electron chi connectivity index (χ2n) is 8.85. The Bertz CT molecular complexity index is 1220. The van der Waals surface area contributed by atoms with Crippen LogP contribution in [0.2, 0.25) is 0 Å². The molecule has 0 bridgehead atoms. The molecule has 2 aliphatic heterocycles. The molecule has 178 valence electrons. The molecule has 3 atom stereocenters. The van der Waals surface area contributed by atoms with Crippen molar-refractivity contribution in [2.75, 3.05) is 26.2 Å². The van der Waals surface area contributed by atoms with Crippen LogP contribution in [0.5, 0.6) is 0 Å². The van der Waals surface area contributed by atoms with Gasteiger partial charge >= 0.3 is 0 Å². The first-order valence-corrected chi connectivity index (χ1v) is 12.9. The first-order valence-electron chi connectivity index (χ1n) is 11.5. The van der Waals surface area contributed by atoms with Gasteiger partial charge in [0.1, 0.15) is 12.1 Å². The van der Waals surface area contributed by atoms with Crippen LogP contribution in [-0.2, 0) is 10.0 Å². The minimum absolute atomic E-state index is 0.00934. The van der Waals surface area contributed by atoms with E-state index in [4.69, 9.17) is 0 Å². The normalized spacial score (nSPS) is 24.0. The van der Waals surface area contributed by atoms with E-state index < -0.39 is 15.8 Å². The summed E-state index contributed by atoms with van der Waals surface area (Å²) in [6, 6.07) is 13.0. The van der Waals surface area contributed by atoms with Crippen LogP contribution in [0.1, 0.15) is 24.3 Å². The third-order valence-electron chi connectivity index (χ3n) is 6.97. The van der Waals surface area contributed by atoms with Gasteiger partial charge in [-0.25, -0.2) is 22.8 Å². The zero-order chi connectivity index (χ0) is 23.7. The van der Waals surface area contributed by atoms with Gasteiger partial charge in [-0.2, -0.15) is 4.31 Å².